The smallest absolute Gasteiger partial charge is 0.306 e. The van der Waals surface area contributed by atoms with Crippen LogP contribution in [0, 0.1) is 0 Å². The van der Waals surface area contributed by atoms with Crippen molar-refractivity contribution in [3.63, 3.8) is 0 Å². The van der Waals surface area contributed by atoms with Gasteiger partial charge >= 0.3 is 5.97 Å². The van der Waals surface area contributed by atoms with E-state index in [1.165, 1.54) is 0 Å². The molecule has 0 aliphatic carbocycles. The summed E-state index contributed by atoms with van der Waals surface area (Å²) in [5, 5.41) is 2.86. The SMILES string of the molecule is CCOC(=O)CCc1ccccc1C(=O)Nc1ccccc1. The van der Waals surface area contributed by atoms with Gasteiger partial charge in [-0.25, -0.2) is 0 Å². The molecule has 0 saturated heterocycles. The molecule has 22 heavy (non-hydrogen) atoms. The van der Waals surface area contributed by atoms with E-state index in [1.807, 2.05) is 48.5 Å². The Kier molecular flexibility index (Phi) is 5.72. The summed E-state index contributed by atoms with van der Waals surface area (Å²) in [5.74, 6) is -0.425. The summed E-state index contributed by atoms with van der Waals surface area (Å²) in [5.41, 5.74) is 2.16. The highest BCUT2D eigenvalue weighted by Gasteiger charge is 2.12. The first-order valence-electron chi connectivity index (χ1n) is 7.30. The zero-order chi connectivity index (χ0) is 15.8. The number of carbonyl (C=O) groups excluding carboxylic acids is 2. The molecule has 2 aromatic rings. The van der Waals surface area contributed by atoms with Crippen LogP contribution in [-0.4, -0.2) is 18.5 Å². The Labute approximate surface area is 130 Å². The van der Waals surface area contributed by atoms with Crippen LogP contribution < -0.4 is 5.32 Å². The molecular formula is C18H19NO3. The van der Waals surface area contributed by atoms with E-state index in [0.29, 0.717) is 18.6 Å². The molecule has 0 aliphatic heterocycles. The Morgan fingerprint density at radius 3 is 2.41 bits per heavy atom. The van der Waals surface area contributed by atoms with Crippen LogP contribution in [0.5, 0.6) is 0 Å². The molecule has 0 heterocycles. The van der Waals surface area contributed by atoms with Crippen molar-refractivity contribution in [2.75, 3.05) is 11.9 Å². The maximum atomic E-state index is 12.4. The number of amides is 1. The first kappa shape index (κ1) is 15.8. The molecule has 0 bridgehead atoms. The summed E-state index contributed by atoms with van der Waals surface area (Å²) >= 11 is 0. The van der Waals surface area contributed by atoms with Crippen molar-refractivity contribution in [1.82, 2.24) is 0 Å². The number of hydrogen-bond donors (Lipinski definition) is 1. The lowest BCUT2D eigenvalue weighted by molar-refractivity contribution is -0.143. The molecule has 1 N–H and O–H groups in total. The highest BCUT2D eigenvalue weighted by atomic mass is 16.5. The number of anilines is 1. The van der Waals surface area contributed by atoms with E-state index in [-0.39, 0.29) is 18.3 Å². The molecule has 0 spiro atoms. The topological polar surface area (TPSA) is 55.4 Å². The maximum Gasteiger partial charge on any atom is 0.306 e. The van der Waals surface area contributed by atoms with Gasteiger partial charge in [-0.15, -0.1) is 0 Å². The molecular weight excluding hydrogens is 278 g/mol. The molecule has 0 radical (unpaired) electrons. The molecule has 4 nitrogen and oxygen atoms in total. The predicted molar refractivity (Wildman–Crippen MR) is 85.8 cm³/mol. The van der Waals surface area contributed by atoms with Gasteiger partial charge < -0.3 is 10.1 Å². The quantitative estimate of drug-likeness (QED) is 0.831. The zero-order valence-electron chi connectivity index (χ0n) is 12.5. The van der Waals surface area contributed by atoms with Gasteiger partial charge in [0.15, 0.2) is 0 Å². The maximum absolute atomic E-state index is 12.4. The largest absolute Gasteiger partial charge is 0.466 e. The van der Waals surface area contributed by atoms with Crippen molar-refractivity contribution in [1.29, 1.82) is 0 Å². The zero-order valence-corrected chi connectivity index (χ0v) is 12.5. The Hall–Kier alpha value is -2.62. The number of esters is 1. The fraction of sp³-hybridized carbons (Fsp3) is 0.222. The number of rotatable bonds is 6. The highest BCUT2D eigenvalue weighted by molar-refractivity contribution is 6.05. The molecule has 114 valence electrons. The van der Waals surface area contributed by atoms with E-state index in [0.717, 1.165) is 11.3 Å². The summed E-state index contributed by atoms with van der Waals surface area (Å²) < 4.78 is 4.92. The first-order chi connectivity index (χ1) is 10.7. The number of aryl methyl sites for hydroxylation is 1. The van der Waals surface area contributed by atoms with E-state index in [9.17, 15) is 9.59 Å². The average Bonchev–Trinajstić information content (AvgIpc) is 2.54. The lowest BCUT2D eigenvalue weighted by atomic mass is 10.0. The second-order valence-corrected chi connectivity index (χ2v) is 4.78. The number of nitrogens with one attached hydrogen (secondary N) is 1. The summed E-state index contributed by atoms with van der Waals surface area (Å²) in [6, 6.07) is 16.6. The lowest BCUT2D eigenvalue weighted by Crippen LogP contribution is -2.15. The summed E-state index contributed by atoms with van der Waals surface area (Å²) in [6.07, 6.45) is 0.751. The van der Waals surface area contributed by atoms with Crippen molar-refractivity contribution in [2.24, 2.45) is 0 Å². The van der Waals surface area contributed by atoms with Crippen LogP contribution in [0.15, 0.2) is 54.6 Å². The van der Waals surface area contributed by atoms with Gasteiger partial charge in [-0.1, -0.05) is 36.4 Å². The van der Waals surface area contributed by atoms with Gasteiger partial charge in [0.05, 0.1) is 6.61 Å². The summed E-state index contributed by atoms with van der Waals surface area (Å²) in [6.45, 7) is 2.15. The molecule has 2 aromatic carbocycles. The molecule has 4 heteroatoms. The van der Waals surface area contributed by atoms with E-state index < -0.39 is 0 Å². The van der Waals surface area contributed by atoms with Crippen LogP contribution in [0.3, 0.4) is 0 Å². The van der Waals surface area contributed by atoms with Crippen LogP contribution >= 0.6 is 0 Å². The Morgan fingerprint density at radius 1 is 1.00 bits per heavy atom. The molecule has 0 fully saturated rings. The van der Waals surface area contributed by atoms with Crippen molar-refractivity contribution < 1.29 is 14.3 Å². The van der Waals surface area contributed by atoms with E-state index in [1.54, 1.807) is 13.0 Å². The third-order valence-corrected chi connectivity index (χ3v) is 3.20. The minimum absolute atomic E-state index is 0.175. The standard InChI is InChI=1S/C18H19NO3/c1-2-22-17(20)13-12-14-8-6-7-11-16(14)18(21)19-15-9-4-3-5-10-15/h3-11H,2,12-13H2,1H3,(H,19,21). The Morgan fingerprint density at radius 2 is 1.68 bits per heavy atom. The molecule has 0 atom stereocenters. The molecule has 0 aliphatic rings. The van der Waals surface area contributed by atoms with Gasteiger partial charge in [-0.05, 0) is 37.1 Å². The number of carbonyl (C=O) groups is 2. The van der Waals surface area contributed by atoms with Gasteiger partial charge in [0, 0.05) is 17.7 Å². The van der Waals surface area contributed by atoms with Crippen molar-refractivity contribution in [3.05, 3.63) is 65.7 Å². The van der Waals surface area contributed by atoms with Crippen LogP contribution in [0.2, 0.25) is 0 Å². The van der Waals surface area contributed by atoms with Gasteiger partial charge in [0.25, 0.3) is 5.91 Å². The number of benzene rings is 2. The van der Waals surface area contributed by atoms with Crippen molar-refractivity contribution in [3.8, 4) is 0 Å². The fourth-order valence-electron chi connectivity index (χ4n) is 2.15. The van der Waals surface area contributed by atoms with Gasteiger partial charge in [-0.3, -0.25) is 9.59 Å². The number of ether oxygens (including phenoxy) is 1. The Bertz CT molecular complexity index is 638. The van der Waals surface area contributed by atoms with Gasteiger partial charge in [0.2, 0.25) is 0 Å². The second kappa shape index (κ2) is 7.98. The second-order valence-electron chi connectivity index (χ2n) is 4.78. The molecule has 0 saturated carbocycles. The molecule has 1 amide bonds. The normalized spacial score (nSPS) is 10.0. The molecule has 2 rings (SSSR count). The summed E-state index contributed by atoms with van der Waals surface area (Å²) in [7, 11) is 0. The first-order valence-corrected chi connectivity index (χ1v) is 7.30. The predicted octanol–water partition coefficient (Wildman–Crippen LogP) is 3.43. The number of para-hydroxylation sites is 1. The van der Waals surface area contributed by atoms with Crippen LogP contribution in [-0.2, 0) is 16.0 Å². The fourth-order valence-corrected chi connectivity index (χ4v) is 2.15. The average molecular weight is 297 g/mol. The lowest BCUT2D eigenvalue weighted by Gasteiger charge is -2.10. The Balaban J connectivity index is 2.07. The monoisotopic (exact) mass is 297 g/mol. The van der Waals surface area contributed by atoms with Crippen LogP contribution in [0.4, 0.5) is 5.69 Å². The van der Waals surface area contributed by atoms with Crippen LogP contribution in [0.1, 0.15) is 29.3 Å². The van der Waals surface area contributed by atoms with Crippen molar-refractivity contribution in [2.45, 2.75) is 19.8 Å². The number of hydrogen-bond acceptors (Lipinski definition) is 3. The third-order valence-electron chi connectivity index (χ3n) is 3.20. The summed E-state index contributed by atoms with van der Waals surface area (Å²) in [4.78, 5) is 23.8. The molecule has 0 unspecified atom stereocenters. The minimum atomic E-state index is -0.249. The van der Waals surface area contributed by atoms with Crippen LogP contribution in [0.25, 0.3) is 0 Å². The van der Waals surface area contributed by atoms with Gasteiger partial charge in [0.1, 0.15) is 0 Å². The van der Waals surface area contributed by atoms with E-state index in [2.05, 4.69) is 5.32 Å². The highest BCUT2D eigenvalue weighted by Crippen LogP contribution is 2.14. The van der Waals surface area contributed by atoms with E-state index >= 15 is 0 Å². The van der Waals surface area contributed by atoms with Crippen molar-refractivity contribution >= 4 is 17.6 Å². The molecule has 0 aromatic heterocycles. The van der Waals surface area contributed by atoms with E-state index in [4.69, 9.17) is 4.74 Å². The van der Waals surface area contributed by atoms with Gasteiger partial charge in [-0.2, -0.15) is 0 Å². The third kappa shape index (κ3) is 4.45. The minimum Gasteiger partial charge on any atom is -0.466 e.